The van der Waals surface area contributed by atoms with E-state index in [4.69, 9.17) is 22.1 Å². The quantitative estimate of drug-likeness (QED) is 0.909. The standard InChI is InChI=1S/C13H13ClN2O/c1-17-13-10(8-15)5-6-12(16-13)9-3-2-4-11(14)7-9/h2-7H,8,15H2,1H3. The lowest BCUT2D eigenvalue weighted by Gasteiger charge is -2.08. The van der Waals surface area contributed by atoms with E-state index in [1.807, 2.05) is 36.4 Å². The van der Waals surface area contributed by atoms with Crippen molar-refractivity contribution in [1.82, 2.24) is 4.98 Å². The van der Waals surface area contributed by atoms with E-state index >= 15 is 0 Å². The number of benzene rings is 1. The number of hydrogen-bond acceptors (Lipinski definition) is 3. The van der Waals surface area contributed by atoms with Gasteiger partial charge in [-0.2, -0.15) is 0 Å². The van der Waals surface area contributed by atoms with E-state index in [1.165, 1.54) is 0 Å². The van der Waals surface area contributed by atoms with Crippen molar-refractivity contribution in [3.63, 3.8) is 0 Å². The predicted molar refractivity (Wildman–Crippen MR) is 69.1 cm³/mol. The van der Waals surface area contributed by atoms with Crippen molar-refractivity contribution in [2.75, 3.05) is 7.11 Å². The minimum atomic E-state index is 0.409. The number of hydrogen-bond donors (Lipinski definition) is 1. The van der Waals surface area contributed by atoms with Gasteiger partial charge in [0.15, 0.2) is 0 Å². The summed E-state index contributed by atoms with van der Waals surface area (Å²) in [5.41, 5.74) is 8.26. The van der Waals surface area contributed by atoms with E-state index in [-0.39, 0.29) is 0 Å². The molecule has 88 valence electrons. The van der Waals surface area contributed by atoms with Crippen LogP contribution in [0.3, 0.4) is 0 Å². The van der Waals surface area contributed by atoms with Crippen LogP contribution >= 0.6 is 11.6 Å². The first-order valence-electron chi connectivity index (χ1n) is 5.24. The number of ether oxygens (including phenoxy) is 1. The SMILES string of the molecule is COc1nc(-c2cccc(Cl)c2)ccc1CN. The van der Waals surface area contributed by atoms with Crippen molar-refractivity contribution in [2.45, 2.75) is 6.54 Å². The van der Waals surface area contributed by atoms with Crippen molar-refractivity contribution in [3.05, 3.63) is 47.0 Å². The van der Waals surface area contributed by atoms with Crippen LogP contribution in [-0.2, 0) is 6.54 Å². The molecule has 0 saturated carbocycles. The molecule has 2 N–H and O–H groups in total. The van der Waals surface area contributed by atoms with Crippen LogP contribution in [0.25, 0.3) is 11.3 Å². The normalized spacial score (nSPS) is 10.3. The Balaban J connectivity index is 2.46. The average Bonchev–Trinajstić information content (AvgIpc) is 2.38. The van der Waals surface area contributed by atoms with Crippen LogP contribution in [0.2, 0.25) is 5.02 Å². The van der Waals surface area contributed by atoms with Gasteiger partial charge in [-0.3, -0.25) is 0 Å². The fourth-order valence-electron chi connectivity index (χ4n) is 1.61. The molecule has 0 aliphatic heterocycles. The Kier molecular flexibility index (Phi) is 3.61. The van der Waals surface area contributed by atoms with Gasteiger partial charge in [-0.05, 0) is 18.2 Å². The molecular weight excluding hydrogens is 236 g/mol. The van der Waals surface area contributed by atoms with E-state index in [2.05, 4.69) is 4.98 Å². The molecule has 0 fully saturated rings. The molecule has 0 aliphatic carbocycles. The van der Waals surface area contributed by atoms with Gasteiger partial charge >= 0.3 is 0 Å². The summed E-state index contributed by atoms with van der Waals surface area (Å²) >= 11 is 5.95. The maximum atomic E-state index is 5.95. The van der Waals surface area contributed by atoms with Gasteiger partial charge in [0.2, 0.25) is 5.88 Å². The molecule has 0 radical (unpaired) electrons. The number of nitrogens with zero attached hydrogens (tertiary/aromatic N) is 1. The second-order valence-corrected chi connectivity index (χ2v) is 4.02. The fourth-order valence-corrected chi connectivity index (χ4v) is 1.80. The summed E-state index contributed by atoms with van der Waals surface area (Å²) in [4.78, 5) is 4.41. The topological polar surface area (TPSA) is 48.1 Å². The van der Waals surface area contributed by atoms with Crippen LogP contribution < -0.4 is 10.5 Å². The molecule has 0 bridgehead atoms. The molecule has 0 atom stereocenters. The lowest BCUT2D eigenvalue weighted by molar-refractivity contribution is 0.393. The summed E-state index contributed by atoms with van der Waals surface area (Å²) in [6.07, 6.45) is 0. The molecular formula is C13H13ClN2O. The van der Waals surface area contributed by atoms with Gasteiger partial charge in [0.05, 0.1) is 12.8 Å². The van der Waals surface area contributed by atoms with Gasteiger partial charge in [0, 0.05) is 22.7 Å². The van der Waals surface area contributed by atoms with Crippen molar-refractivity contribution >= 4 is 11.6 Å². The van der Waals surface area contributed by atoms with Gasteiger partial charge in [-0.15, -0.1) is 0 Å². The van der Waals surface area contributed by atoms with Crippen molar-refractivity contribution < 1.29 is 4.74 Å². The Bertz CT molecular complexity index is 529. The maximum Gasteiger partial charge on any atom is 0.218 e. The Morgan fingerprint density at radius 3 is 2.76 bits per heavy atom. The largest absolute Gasteiger partial charge is 0.481 e. The summed E-state index contributed by atoms with van der Waals surface area (Å²) < 4.78 is 5.20. The molecule has 3 nitrogen and oxygen atoms in total. The third kappa shape index (κ3) is 2.57. The van der Waals surface area contributed by atoms with E-state index in [0.717, 1.165) is 16.8 Å². The molecule has 0 aliphatic rings. The number of rotatable bonds is 3. The maximum absolute atomic E-state index is 5.95. The predicted octanol–water partition coefficient (Wildman–Crippen LogP) is 2.87. The fraction of sp³-hybridized carbons (Fsp3) is 0.154. The smallest absolute Gasteiger partial charge is 0.218 e. The zero-order valence-corrected chi connectivity index (χ0v) is 10.2. The van der Waals surface area contributed by atoms with Crippen LogP contribution in [0.1, 0.15) is 5.56 Å². The molecule has 0 spiro atoms. The number of pyridine rings is 1. The minimum Gasteiger partial charge on any atom is -0.481 e. The Labute approximate surface area is 105 Å². The number of aromatic nitrogens is 1. The lowest BCUT2D eigenvalue weighted by Crippen LogP contribution is -2.02. The highest BCUT2D eigenvalue weighted by Crippen LogP contribution is 2.24. The first-order chi connectivity index (χ1) is 8.24. The molecule has 0 amide bonds. The van der Waals surface area contributed by atoms with Gasteiger partial charge in [0.1, 0.15) is 0 Å². The van der Waals surface area contributed by atoms with Crippen LogP contribution in [0.5, 0.6) is 5.88 Å². The lowest BCUT2D eigenvalue weighted by atomic mass is 10.1. The van der Waals surface area contributed by atoms with Crippen LogP contribution in [0.4, 0.5) is 0 Å². The van der Waals surface area contributed by atoms with Crippen LogP contribution in [0, 0.1) is 0 Å². The molecule has 1 aromatic carbocycles. The monoisotopic (exact) mass is 248 g/mol. The third-order valence-corrected chi connectivity index (χ3v) is 2.71. The zero-order valence-electron chi connectivity index (χ0n) is 9.48. The summed E-state index contributed by atoms with van der Waals surface area (Å²) in [7, 11) is 1.59. The first-order valence-corrected chi connectivity index (χ1v) is 5.62. The molecule has 17 heavy (non-hydrogen) atoms. The van der Waals surface area contributed by atoms with Gasteiger partial charge < -0.3 is 10.5 Å². The molecule has 1 heterocycles. The Hall–Kier alpha value is -1.58. The van der Waals surface area contributed by atoms with E-state index < -0.39 is 0 Å². The summed E-state index contributed by atoms with van der Waals surface area (Å²) in [6.45, 7) is 0.409. The molecule has 0 unspecified atom stereocenters. The van der Waals surface area contributed by atoms with Gasteiger partial charge in [0.25, 0.3) is 0 Å². The Morgan fingerprint density at radius 2 is 2.12 bits per heavy atom. The highest BCUT2D eigenvalue weighted by molar-refractivity contribution is 6.30. The first kappa shape index (κ1) is 11.9. The van der Waals surface area contributed by atoms with Gasteiger partial charge in [-0.25, -0.2) is 4.98 Å². The van der Waals surface area contributed by atoms with Crippen molar-refractivity contribution in [1.29, 1.82) is 0 Å². The molecule has 1 aromatic heterocycles. The van der Waals surface area contributed by atoms with E-state index in [1.54, 1.807) is 7.11 Å². The summed E-state index contributed by atoms with van der Waals surface area (Å²) in [6, 6.07) is 11.4. The second-order valence-electron chi connectivity index (χ2n) is 3.58. The van der Waals surface area contributed by atoms with Crippen molar-refractivity contribution in [3.8, 4) is 17.1 Å². The van der Waals surface area contributed by atoms with Gasteiger partial charge in [-0.1, -0.05) is 29.8 Å². The molecule has 2 aromatic rings. The molecule has 2 rings (SSSR count). The average molecular weight is 249 g/mol. The van der Waals surface area contributed by atoms with Crippen molar-refractivity contribution in [2.24, 2.45) is 5.73 Å². The van der Waals surface area contributed by atoms with Crippen LogP contribution in [-0.4, -0.2) is 12.1 Å². The van der Waals surface area contributed by atoms with E-state index in [0.29, 0.717) is 17.4 Å². The second kappa shape index (κ2) is 5.17. The third-order valence-electron chi connectivity index (χ3n) is 2.47. The number of methoxy groups -OCH3 is 1. The van der Waals surface area contributed by atoms with E-state index in [9.17, 15) is 0 Å². The summed E-state index contributed by atoms with van der Waals surface area (Å²) in [5, 5.41) is 0.686. The Morgan fingerprint density at radius 1 is 1.29 bits per heavy atom. The number of nitrogens with two attached hydrogens (primary N) is 1. The minimum absolute atomic E-state index is 0.409. The highest BCUT2D eigenvalue weighted by atomic mass is 35.5. The molecule has 4 heteroatoms. The zero-order chi connectivity index (χ0) is 12.3. The van der Waals surface area contributed by atoms with Crippen LogP contribution in [0.15, 0.2) is 36.4 Å². The number of halogens is 1. The molecule has 0 saturated heterocycles. The summed E-state index contributed by atoms with van der Waals surface area (Å²) in [5.74, 6) is 0.560. The highest BCUT2D eigenvalue weighted by Gasteiger charge is 2.06.